The van der Waals surface area contributed by atoms with Crippen molar-refractivity contribution in [2.45, 2.75) is 39.7 Å². The molecule has 4 nitrogen and oxygen atoms in total. The Kier molecular flexibility index (Phi) is 5.05. The highest BCUT2D eigenvalue weighted by molar-refractivity contribution is 5.31. The average molecular weight is 250 g/mol. The number of aryl methyl sites for hydroxylation is 1. The lowest BCUT2D eigenvalue weighted by Crippen LogP contribution is -2.37. The molecule has 18 heavy (non-hydrogen) atoms. The molecule has 1 aromatic heterocycles. The zero-order valence-electron chi connectivity index (χ0n) is 11.7. The Bertz CT molecular complexity index is 341. The van der Waals surface area contributed by atoms with Crippen LogP contribution in [0.15, 0.2) is 12.4 Å². The van der Waals surface area contributed by atoms with Crippen LogP contribution in [0.2, 0.25) is 0 Å². The molecule has 0 aliphatic carbocycles. The normalized spacial score (nSPS) is 17.0. The molecule has 1 aromatic rings. The maximum atomic E-state index is 4.54. The number of nitrogens with zero attached hydrogens (tertiary/aromatic N) is 3. The van der Waals surface area contributed by atoms with Gasteiger partial charge in [0.2, 0.25) is 5.95 Å². The summed E-state index contributed by atoms with van der Waals surface area (Å²) in [7, 11) is 0. The maximum absolute atomic E-state index is 4.54. The van der Waals surface area contributed by atoms with Crippen molar-refractivity contribution in [1.29, 1.82) is 0 Å². The van der Waals surface area contributed by atoms with Crippen LogP contribution >= 0.6 is 0 Å². The number of hydrogen-bond donors (Lipinski definition) is 1. The lowest BCUT2D eigenvalue weighted by molar-refractivity contribution is 0.372. The standard InChI is InChI=1S/C14H26N4/c1-3-10-18-11-9-16-14(18)17(4-2)12-13-5-7-15-8-6-13/h9,11,13,15H,3-8,10,12H2,1-2H3. The van der Waals surface area contributed by atoms with Crippen LogP contribution in [-0.4, -0.2) is 35.7 Å². The van der Waals surface area contributed by atoms with E-state index in [9.17, 15) is 0 Å². The molecule has 0 amide bonds. The van der Waals surface area contributed by atoms with E-state index < -0.39 is 0 Å². The SMILES string of the molecule is CCCn1ccnc1N(CC)CC1CCNCC1. The molecule has 0 saturated carbocycles. The number of nitrogens with one attached hydrogen (secondary N) is 1. The van der Waals surface area contributed by atoms with Gasteiger partial charge in [-0.2, -0.15) is 0 Å². The van der Waals surface area contributed by atoms with Crippen molar-refractivity contribution in [3.63, 3.8) is 0 Å². The van der Waals surface area contributed by atoms with Gasteiger partial charge in [-0.05, 0) is 45.2 Å². The summed E-state index contributed by atoms with van der Waals surface area (Å²) in [5, 5.41) is 3.43. The Balaban J connectivity index is 2.00. The van der Waals surface area contributed by atoms with Gasteiger partial charge in [-0.25, -0.2) is 4.98 Å². The summed E-state index contributed by atoms with van der Waals surface area (Å²) in [5.74, 6) is 1.97. The molecule has 1 fully saturated rings. The van der Waals surface area contributed by atoms with Gasteiger partial charge in [0.1, 0.15) is 0 Å². The average Bonchev–Trinajstić information content (AvgIpc) is 2.86. The van der Waals surface area contributed by atoms with Gasteiger partial charge in [0, 0.05) is 32.0 Å². The molecule has 1 saturated heterocycles. The summed E-state index contributed by atoms with van der Waals surface area (Å²) >= 11 is 0. The number of anilines is 1. The zero-order valence-corrected chi connectivity index (χ0v) is 11.7. The third-order valence-electron chi connectivity index (χ3n) is 3.76. The summed E-state index contributed by atoms with van der Waals surface area (Å²) in [5.41, 5.74) is 0. The third-order valence-corrected chi connectivity index (χ3v) is 3.76. The topological polar surface area (TPSA) is 33.1 Å². The molecule has 0 bridgehead atoms. The summed E-state index contributed by atoms with van der Waals surface area (Å²) in [6.07, 6.45) is 7.78. The van der Waals surface area contributed by atoms with Crippen molar-refractivity contribution >= 4 is 5.95 Å². The van der Waals surface area contributed by atoms with Crippen molar-refractivity contribution in [1.82, 2.24) is 14.9 Å². The highest BCUT2D eigenvalue weighted by Crippen LogP contribution is 2.18. The molecule has 1 N–H and O–H groups in total. The third kappa shape index (κ3) is 3.25. The molecule has 2 heterocycles. The van der Waals surface area contributed by atoms with Gasteiger partial charge in [0.15, 0.2) is 0 Å². The fraction of sp³-hybridized carbons (Fsp3) is 0.786. The van der Waals surface area contributed by atoms with Crippen molar-refractivity contribution in [2.75, 3.05) is 31.1 Å². The van der Waals surface area contributed by atoms with Gasteiger partial charge in [-0.1, -0.05) is 6.92 Å². The summed E-state index contributed by atoms with van der Waals surface area (Å²) in [4.78, 5) is 6.98. The van der Waals surface area contributed by atoms with E-state index in [0.717, 1.165) is 37.9 Å². The molecule has 0 unspecified atom stereocenters. The van der Waals surface area contributed by atoms with E-state index in [0.29, 0.717) is 0 Å². The second-order valence-corrected chi connectivity index (χ2v) is 5.15. The number of aromatic nitrogens is 2. The van der Waals surface area contributed by atoms with Crippen molar-refractivity contribution < 1.29 is 0 Å². The van der Waals surface area contributed by atoms with E-state index in [1.165, 1.54) is 25.9 Å². The van der Waals surface area contributed by atoms with Crippen LogP contribution in [0.3, 0.4) is 0 Å². The fourth-order valence-corrected chi connectivity index (χ4v) is 2.73. The number of piperidine rings is 1. The van der Waals surface area contributed by atoms with Gasteiger partial charge in [0.05, 0.1) is 0 Å². The summed E-state index contributed by atoms with van der Waals surface area (Å²) in [6, 6.07) is 0. The number of hydrogen-bond acceptors (Lipinski definition) is 3. The van der Waals surface area contributed by atoms with Crippen LogP contribution in [0.25, 0.3) is 0 Å². The number of rotatable bonds is 6. The van der Waals surface area contributed by atoms with E-state index in [1.54, 1.807) is 0 Å². The first-order valence-corrected chi connectivity index (χ1v) is 7.32. The van der Waals surface area contributed by atoms with Crippen LogP contribution in [0, 0.1) is 5.92 Å². The monoisotopic (exact) mass is 250 g/mol. The maximum Gasteiger partial charge on any atom is 0.205 e. The molecule has 1 aliphatic rings. The van der Waals surface area contributed by atoms with Crippen LogP contribution in [0.5, 0.6) is 0 Å². The van der Waals surface area contributed by atoms with Crippen LogP contribution in [-0.2, 0) is 6.54 Å². The molecule has 0 atom stereocenters. The highest BCUT2D eigenvalue weighted by Gasteiger charge is 2.18. The van der Waals surface area contributed by atoms with Gasteiger partial charge < -0.3 is 14.8 Å². The van der Waals surface area contributed by atoms with Crippen molar-refractivity contribution in [3.05, 3.63) is 12.4 Å². The summed E-state index contributed by atoms with van der Waals surface area (Å²) < 4.78 is 2.28. The number of imidazole rings is 1. The second-order valence-electron chi connectivity index (χ2n) is 5.15. The fourth-order valence-electron chi connectivity index (χ4n) is 2.73. The molecule has 102 valence electrons. The van der Waals surface area contributed by atoms with E-state index in [4.69, 9.17) is 0 Å². The largest absolute Gasteiger partial charge is 0.342 e. The minimum atomic E-state index is 0.818. The predicted octanol–water partition coefficient (Wildman–Crippen LogP) is 2.12. The van der Waals surface area contributed by atoms with E-state index in [2.05, 4.69) is 39.8 Å². The quantitative estimate of drug-likeness (QED) is 0.839. The van der Waals surface area contributed by atoms with Gasteiger partial charge in [0.25, 0.3) is 0 Å². The van der Waals surface area contributed by atoms with Crippen molar-refractivity contribution in [2.24, 2.45) is 5.92 Å². The van der Waals surface area contributed by atoms with E-state index >= 15 is 0 Å². The Hall–Kier alpha value is -1.03. The van der Waals surface area contributed by atoms with E-state index in [1.807, 2.05) is 6.20 Å². The van der Waals surface area contributed by atoms with Crippen LogP contribution < -0.4 is 10.2 Å². The Labute approximate surface area is 110 Å². The van der Waals surface area contributed by atoms with Gasteiger partial charge in [-0.3, -0.25) is 0 Å². The molecule has 1 aliphatic heterocycles. The molecule has 4 heteroatoms. The first-order chi connectivity index (χ1) is 8.85. The van der Waals surface area contributed by atoms with Crippen LogP contribution in [0.1, 0.15) is 33.1 Å². The summed E-state index contributed by atoms with van der Waals surface area (Å²) in [6.45, 7) is 10.1. The molecule has 0 radical (unpaired) electrons. The Morgan fingerprint density at radius 2 is 2.17 bits per heavy atom. The minimum absolute atomic E-state index is 0.818. The van der Waals surface area contributed by atoms with Crippen LogP contribution in [0.4, 0.5) is 5.95 Å². The van der Waals surface area contributed by atoms with Crippen molar-refractivity contribution in [3.8, 4) is 0 Å². The lowest BCUT2D eigenvalue weighted by Gasteiger charge is -2.30. The molecular formula is C14H26N4. The second kappa shape index (κ2) is 6.78. The van der Waals surface area contributed by atoms with E-state index in [-0.39, 0.29) is 0 Å². The lowest BCUT2D eigenvalue weighted by atomic mass is 9.98. The Morgan fingerprint density at radius 3 is 2.83 bits per heavy atom. The smallest absolute Gasteiger partial charge is 0.205 e. The molecular weight excluding hydrogens is 224 g/mol. The molecule has 0 aromatic carbocycles. The zero-order chi connectivity index (χ0) is 12.8. The molecule has 0 spiro atoms. The molecule has 2 rings (SSSR count). The first-order valence-electron chi connectivity index (χ1n) is 7.32. The Morgan fingerprint density at radius 1 is 1.39 bits per heavy atom. The minimum Gasteiger partial charge on any atom is -0.342 e. The van der Waals surface area contributed by atoms with Gasteiger partial charge in [-0.15, -0.1) is 0 Å². The highest BCUT2D eigenvalue weighted by atomic mass is 15.3. The van der Waals surface area contributed by atoms with Gasteiger partial charge >= 0.3 is 0 Å². The predicted molar refractivity (Wildman–Crippen MR) is 76.0 cm³/mol. The first kappa shape index (κ1) is 13.4.